The monoisotopic (exact) mass is 364 g/mol. The zero-order valence-corrected chi connectivity index (χ0v) is 15.2. The summed E-state index contributed by atoms with van der Waals surface area (Å²) in [7, 11) is -3.49. The number of rotatable bonds is 4. The Bertz CT molecular complexity index is 762. The first-order valence-electron chi connectivity index (χ1n) is 8.91. The van der Waals surface area contributed by atoms with Gasteiger partial charge in [-0.1, -0.05) is 17.7 Å². The molecule has 3 aliphatic rings. The lowest BCUT2D eigenvalue weighted by molar-refractivity contribution is -0.128. The molecule has 0 bridgehead atoms. The van der Waals surface area contributed by atoms with Crippen molar-refractivity contribution in [3.63, 3.8) is 0 Å². The van der Waals surface area contributed by atoms with Gasteiger partial charge in [0.15, 0.2) is 0 Å². The van der Waals surface area contributed by atoms with Gasteiger partial charge in [0.2, 0.25) is 15.9 Å². The first-order chi connectivity index (χ1) is 11.9. The van der Waals surface area contributed by atoms with Crippen LogP contribution in [0.1, 0.15) is 18.4 Å². The number of likely N-dealkylation sites (tertiary alicyclic amines) is 1. The molecule has 3 saturated heterocycles. The van der Waals surface area contributed by atoms with Crippen LogP contribution in [0.3, 0.4) is 0 Å². The van der Waals surface area contributed by atoms with Crippen molar-refractivity contribution >= 4 is 15.9 Å². The molecule has 1 amide bonds. The molecule has 0 radical (unpaired) electrons. The SMILES string of the molecule is Cc1ccc(S(=O)(=O)N2C[C@@H]3[C@@H](CN4CCCC4=O)CO[C@@H]3C2)cc1. The van der Waals surface area contributed by atoms with E-state index < -0.39 is 10.0 Å². The van der Waals surface area contributed by atoms with Crippen molar-refractivity contribution in [2.24, 2.45) is 11.8 Å². The average Bonchev–Trinajstić information content (AvgIpc) is 3.26. The summed E-state index contributed by atoms with van der Waals surface area (Å²) in [4.78, 5) is 14.1. The van der Waals surface area contributed by atoms with Gasteiger partial charge in [0.1, 0.15) is 0 Å². The van der Waals surface area contributed by atoms with Gasteiger partial charge in [-0.25, -0.2) is 8.42 Å². The van der Waals surface area contributed by atoms with Crippen LogP contribution in [0.5, 0.6) is 0 Å². The van der Waals surface area contributed by atoms with Crippen molar-refractivity contribution in [2.45, 2.75) is 30.8 Å². The van der Waals surface area contributed by atoms with E-state index in [1.807, 2.05) is 24.0 Å². The van der Waals surface area contributed by atoms with E-state index >= 15 is 0 Å². The third-order valence-corrected chi connectivity index (χ3v) is 7.54. The van der Waals surface area contributed by atoms with E-state index in [-0.39, 0.29) is 23.8 Å². The number of amides is 1. The zero-order chi connectivity index (χ0) is 17.6. The third kappa shape index (κ3) is 3.09. The zero-order valence-electron chi connectivity index (χ0n) is 14.4. The summed E-state index contributed by atoms with van der Waals surface area (Å²) in [6.45, 7) is 4.96. The predicted molar refractivity (Wildman–Crippen MR) is 92.5 cm³/mol. The minimum atomic E-state index is -3.49. The van der Waals surface area contributed by atoms with Gasteiger partial charge < -0.3 is 9.64 Å². The van der Waals surface area contributed by atoms with Gasteiger partial charge in [-0.3, -0.25) is 4.79 Å². The molecule has 4 rings (SSSR count). The lowest BCUT2D eigenvalue weighted by Gasteiger charge is -2.24. The van der Waals surface area contributed by atoms with Crippen LogP contribution in [0.2, 0.25) is 0 Å². The standard InChI is InChI=1S/C18H24N2O4S/c1-13-4-6-15(7-5-13)25(22,23)20-10-16-14(12-24-17(16)11-20)9-19-8-2-3-18(19)21/h4-7,14,16-17H,2-3,8-12H2,1H3/t14-,16+,17+/m0/s1. The highest BCUT2D eigenvalue weighted by molar-refractivity contribution is 7.89. The highest BCUT2D eigenvalue weighted by atomic mass is 32.2. The number of carbonyl (C=O) groups excluding carboxylic acids is 1. The fourth-order valence-corrected chi connectivity index (χ4v) is 5.68. The van der Waals surface area contributed by atoms with Crippen LogP contribution in [0, 0.1) is 18.8 Å². The van der Waals surface area contributed by atoms with E-state index in [0.717, 1.165) is 18.5 Å². The number of carbonyl (C=O) groups is 1. The molecular weight excluding hydrogens is 340 g/mol. The van der Waals surface area contributed by atoms with Gasteiger partial charge in [0.25, 0.3) is 0 Å². The molecule has 1 aromatic carbocycles. The van der Waals surface area contributed by atoms with Gasteiger partial charge in [-0.15, -0.1) is 0 Å². The van der Waals surface area contributed by atoms with Gasteiger partial charge >= 0.3 is 0 Å². The van der Waals surface area contributed by atoms with Gasteiger partial charge in [0.05, 0.1) is 17.6 Å². The summed E-state index contributed by atoms with van der Waals surface area (Å²) in [6.07, 6.45) is 1.51. The summed E-state index contributed by atoms with van der Waals surface area (Å²) in [5, 5.41) is 0. The Kier molecular flexibility index (Phi) is 4.33. The molecule has 1 aromatic rings. The quantitative estimate of drug-likeness (QED) is 0.807. The number of fused-ring (bicyclic) bond motifs is 1. The maximum Gasteiger partial charge on any atom is 0.243 e. The van der Waals surface area contributed by atoms with Crippen LogP contribution in [-0.2, 0) is 19.6 Å². The Balaban J connectivity index is 1.47. The van der Waals surface area contributed by atoms with Crippen molar-refractivity contribution in [1.29, 1.82) is 0 Å². The van der Waals surface area contributed by atoms with Gasteiger partial charge in [-0.05, 0) is 25.5 Å². The lowest BCUT2D eigenvalue weighted by Crippen LogP contribution is -2.36. The Labute approximate surface area is 148 Å². The fourth-order valence-electron chi connectivity index (χ4n) is 4.19. The van der Waals surface area contributed by atoms with Crippen molar-refractivity contribution in [3.05, 3.63) is 29.8 Å². The molecule has 3 atom stereocenters. The van der Waals surface area contributed by atoms with Gasteiger partial charge in [0, 0.05) is 44.4 Å². The molecule has 0 unspecified atom stereocenters. The molecule has 0 saturated carbocycles. The van der Waals surface area contributed by atoms with Crippen molar-refractivity contribution < 1.29 is 17.9 Å². The summed E-state index contributed by atoms with van der Waals surface area (Å²) in [5.41, 5.74) is 1.04. The second-order valence-corrected chi connectivity index (χ2v) is 9.31. The average molecular weight is 364 g/mol. The molecule has 3 fully saturated rings. The second kappa shape index (κ2) is 6.37. The number of ether oxygens (including phenoxy) is 1. The maximum atomic E-state index is 12.9. The number of benzene rings is 1. The van der Waals surface area contributed by atoms with Crippen LogP contribution in [-0.4, -0.2) is 62.4 Å². The number of nitrogens with zero attached hydrogens (tertiary/aromatic N) is 2. The Morgan fingerprint density at radius 2 is 1.96 bits per heavy atom. The van der Waals surface area contributed by atoms with E-state index in [1.165, 1.54) is 0 Å². The van der Waals surface area contributed by atoms with Crippen molar-refractivity contribution in [1.82, 2.24) is 9.21 Å². The molecular formula is C18H24N2O4S. The van der Waals surface area contributed by atoms with Crippen LogP contribution in [0.4, 0.5) is 0 Å². The number of sulfonamides is 1. The molecule has 3 aliphatic heterocycles. The highest BCUT2D eigenvalue weighted by Crippen LogP contribution is 2.37. The molecule has 6 nitrogen and oxygen atoms in total. The lowest BCUT2D eigenvalue weighted by atomic mass is 9.93. The Morgan fingerprint density at radius 3 is 2.64 bits per heavy atom. The minimum Gasteiger partial charge on any atom is -0.376 e. The van der Waals surface area contributed by atoms with Crippen LogP contribution < -0.4 is 0 Å². The third-order valence-electron chi connectivity index (χ3n) is 5.69. The van der Waals surface area contributed by atoms with E-state index in [0.29, 0.717) is 37.6 Å². The molecule has 7 heteroatoms. The molecule has 25 heavy (non-hydrogen) atoms. The van der Waals surface area contributed by atoms with Crippen LogP contribution in [0.15, 0.2) is 29.2 Å². The molecule has 136 valence electrons. The molecule has 0 aromatic heterocycles. The Morgan fingerprint density at radius 1 is 1.20 bits per heavy atom. The van der Waals surface area contributed by atoms with Crippen molar-refractivity contribution in [2.75, 3.05) is 32.8 Å². The van der Waals surface area contributed by atoms with Crippen LogP contribution >= 0.6 is 0 Å². The normalized spacial score (nSPS) is 30.2. The topological polar surface area (TPSA) is 66.9 Å². The summed E-state index contributed by atoms with van der Waals surface area (Å²) in [6, 6.07) is 6.98. The maximum absolute atomic E-state index is 12.9. The molecule has 0 spiro atoms. The summed E-state index contributed by atoms with van der Waals surface area (Å²) >= 11 is 0. The second-order valence-electron chi connectivity index (χ2n) is 7.37. The first kappa shape index (κ1) is 17.0. The molecule has 0 aliphatic carbocycles. The van der Waals surface area contributed by atoms with E-state index in [2.05, 4.69) is 0 Å². The number of hydrogen-bond acceptors (Lipinski definition) is 4. The first-order valence-corrected chi connectivity index (χ1v) is 10.4. The van der Waals surface area contributed by atoms with Gasteiger partial charge in [-0.2, -0.15) is 4.31 Å². The van der Waals surface area contributed by atoms with E-state index in [4.69, 9.17) is 4.74 Å². The van der Waals surface area contributed by atoms with Crippen molar-refractivity contribution in [3.8, 4) is 0 Å². The van der Waals surface area contributed by atoms with E-state index in [9.17, 15) is 13.2 Å². The molecule has 3 heterocycles. The summed E-state index contributed by atoms with van der Waals surface area (Å²) in [5.74, 6) is 0.615. The minimum absolute atomic E-state index is 0.0528. The predicted octanol–water partition coefficient (Wildman–Crippen LogP) is 1.25. The molecule has 0 N–H and O–H groups in total. The summed E-state index contributed by atoms with van der Waals surface area (Å²) < 4.78 is 33.2. The number of hydrogen-bond donors (Lipinski definition) is 0. The smallest absolute Gasteiger partial charge is 0.243 e. The highest BCUT2D eigenvalue weighted by Gasteiger charge is 2.48. The van der Waals surface area contributed by atoms with Crippen LogP contribution in [0.25, 0.3) is 0 Å². The fraction of sp³-hybridized carbons (Fsp3) is 0.611. The largest absolute Gasteiger partial charge is 0.376 e. The number of aryl methyl sites for hydroxylation is 1. The van der Waals surface area contributed by atoms with E-state index in [1.54, 1.807) is 16.4 Å². The Hall–Kier alpha value is -1.44.